The van der Waals surface area contributed by atoms with Crippen molar-refractivity contribution in [3.63, 3.8) is 0 Å². The second kappa shape index (κ2) is 9.58. The number of carboxylic acids is 1. The van der Waals surface area contributed by atoms with Crippen molar-refractivity contribution in [2.24, 2.45) is 5.92 Å². The summed E-state index contributed by atoms with van der Waals surface area (Å²) >= 11 is 0. The quantitative estimate of drug-likeness (QED) is 0.593. The van der Waals surface area contributed by atoms with Crippen LogP contribution in [0.5, 0.6) is 0 Å². The zero-order valence-corrected chi connectivity index (χ0v) is 12.2. The maximum atomic E-state index is 11.4. The fourth-order valence-electron chi connectivity index (χ4n) is 2.21. The third-order valence-electron chi connectivity index (χ3n) is 3.58. The molecule has 1 unspecified atom stereocenters. The summed E-state index contributed by atoms with van der Waals surface area (Å²) in [4.78, 5) is 22.0. The molecule has 1 atom stereocenters. The molecule has 0 radical (unpaired) electrons. The highest BCUT2D eigenvalue weighted by molar-refractivity contribution is 5.74. The van der Waals surface area contributed by atoms with E-state index in [4.69, 9.17) is 9.84 Å². The molecule has 0 saturated heterocycles. The largest absolute Gasteiger partial charge is 0.481 e. The summed E-state index contributed by atoms with van der Waals surface area (Å²) in [6, 6.07) is -0.269. The minimum Gasteiger partial charge on any atom is -0.481 e. The monoisotopic (exact) mass is 286 g/mol. The molecular weight excluding hydrogens is 260 g/mol. The highest BCUT2D eigenvalue weighted by Crippen LogP contribution is 2.19. The molecular formula is C14H26N2O4. The summed E-state index contributed by atoms with van der Waals surface area (Å²) in [5.74, 6) is -1.28. The first-order valence-corrected chi connectivity index (χ1v) is 7.45. The fourth-order valence-corrected chi connectivity index (χ4v) is 2.21. The maximum absolute atomic E-state index is 11.4. The van der Waals surface area contributed by atoms with Gasteiger partial charge in [0.15, 0.2) is 0 Å². The van der Waals surface area contributed by atoms with Gasteiger partial charge in [-0.3, -0.25) is 4.79 Å². The summed E-state index contributed by atoms with van der Waals surface area (Å²) in [5.41, 5.74) is 0. The van der Waals surface area contributed by atoms with Gasteiger partial charge in [0.2, 0.25) is 0 Å². The van der Waals surface area contributed by atoms with Gasteiger partial charge in [-0.1, -0.05) is 26.2 Å². The highest BCUT2D eigenvalue weighted by Gasteiger charge is 2.13. The lowest BCUT2D eigenvalue weighted by molar-refractivity contribution is -0.141. The van der Waals surface area contributed by atoms with E-state index in [1.807, 2.05) is 0 Å². The summed E-state index contributed by atoms with van der Waals surface area (Å²) in [5, 5.41) is 14.0. The van der Waals surface area contributed by atoms with Crippen molar-refractivity contribution in [2.75, 3.05) is 19.7 Å². The highest BCUT2D eigenvalue weighted by atomic mass is 16.5. The van der Waals surface area contributed by atoms with Gasteiger partial charge in [-0.15, -0.1) is 0 Å². The molecule has 0 aliphatic heterocycles. The molecule has 1 rings (SSSR count). The number of carbonyl (C=O) groups excluding carboxylic acids is 1. The molecule has 1 saturated carbocycles. The number of carboxylic acid groups (broad SMARTS) is 1. The van der Waals surface area contributed by atoms with Gasteiger partial charge in [-0.2, -0.15) is 0 Å². The molecule has 0 aromatic carbocycles. The van der Waals surface area contributed by atoms with E-state index in [-0.39, 0.29) is 6.03 Å². The van der Waals surface area contributed by atoms with Gasteiger partial charge in [-0.05, 0) is 19.3 Å². The average molecular weight is 286 g/mol. The van der Waals surface area contributed by atoms with Gasteiger partial charge in [0.1, 0.15) is 0 Å². The number of hydrogen-bond acceptors (Lipinski definition) is 3. The van der Waals surface area contributed by atoms with Gasteiger partial charge < -0.3 is 20.5 Å². The maximum Gasteiger partial charge on any atom is 0.314 e. The summed E-state index contributed by atoms with van der Waals surface area (Å²) < 4.78 is 5.69. The van der Waals surface area contributed by atoms with E-state index in [9.17, 15) is 9.59 Å². The molecule has 3 N–H and O–H groups in total. The second-order valence-electron chi connectivity index (χ2n) is 5.34. The molecule has 0 spiro atoms. The Labute approximate surface area is 120 Å². The van der Waals surface area contributed by atoms with E-state index < -0.39 is 11.9 Å². The van der Waals surface area contributed by atoms with Crippen LogP contribution in [0.3, 0.4) is 0 Å². The van der Waals surface area contributed by atoms with Gasteiger partial charge in [0.05, 0.1) is 18.6 Å². The van der Waals surface area contributed by atoms with E-state index >= 15 is 0 Å². The Morgan fingerprint density at radius 2 is 1.85 bits per heavy atom. The summed E-state index contributed by atoms with van der Waals surface area (Å²) in [7, 11) is 0. The van der Waals surface area contributed by atoms with E-state index in [0.717, 1.165) is 12.8 Å². The van der Waals surface area contributed by atoms with Crippen molar-refractivity contribution in [2.45, 2.75) is 51.6 Å². The van der Waals surface area contributed by atoms with Crippen molar-refractivity contribution in [1.29, 1.82) is 0 Å². The Morgan fingerprint density at radius 1 is 1.20 bits per heavy atom. The van der Waals surface area contributed by atoms with Gasteiger partial charge in [0.25, 0.3) is 0 Å². The Balaban J connectivity index is 1.95. The van der Waals surface area contributed by atoms with Gasteiger partial charge in [-0.25, -0.2) is 4.79 Å². The Hall–Kier alpha value is -1.30. The molecule has 0 bridgehead atoms. The van der Waals surface area contributed by atoms with E-state index in [0.29, 0.717) is 32.2 Å². The van der Waals surface area contributed by atoms with E-state index in [2.05, 4.69) is 10.6 Å². The topological polar surface area (TPSA) is 87.7 Å². The summed E-state index contributed by atoms with van der Waals surface area (Å²) in [6.45, 7) is 3.00. The molecule has 0 aromatic heterocycles. The fraction of sp³-hybridized carbons (Fsp3) is 0.857. The molecule has 6 nitrogen and oxygen atoms in total. The lowest BCUT2D eigenvalue weighted by Crippen LogP contribution is -2.38. The first kappa shape index (κ1) is 16.8. The predicted molar refractivity (Wildman–Crippen MR) is 75.6 cm³/mol. The Bertz CT molecular complexity index is 304. The Kier molecular flexibility index (Phi) is 8.02. The molecule has 1 aliphatic rings. The number of ether oxygens (including phenoxy) is 1. The molecule has 20 heavy (non-hydrogen) atoms. The molecule has 1 aliphatic carbocycles. The lowest BCUT2D eigenvalue weighted by Gasteiger charge is -2.22. The minimum atomic E-state index is -0.840. The van der Waals surface area contributed by atoms with Crippen LogP contribution in [0.2, 0.25) is 0 Å². The normalized spacial score (nSPS) is 17.4. The number of urea groups is 1. The Morgan fingerprint density at radius 3 is 2.50 bits per heavy atom. The van der Waals surface area contributed by atoms with Crippen LogP contribution in [0.4, 0.5) is 4.79 Å². The third kappa shape index (κ3) is 7.33. The first-order chi connectivity index (χ1) is 9.59. The predicted octanol–water partition coefficient (Wildman–Crippen LogP) is 1.75. The van der Waals surface area contributed by atoms with Crippen LogP contribution in [0, 0.1) is 5.92 Å². The molecule has 1 fully saturated rings. The first-order valence-electron chi connectivity index (χ1n) is 7.45. The minimum absolute atomic E-state index is 0.269. The van der Waals surface area contributed by atoms with Crippen molar-refractivity contribution in [3.05, 3.63) is 0 Å². The number of amides is 2. The standard InChI is InChI=1S/C14H26N2O4/c1-11(13(17)18)7-8-15-14(19)16-9-10-20-12-5-3-2-4-6-12/h11-12H,2-10H2,1H3,(H,17,18)(H2,15,16,19). The van der Waals surface area contributed by atoms with Crippen LogP contribution in [-0.2, 0) is 9.53 Å². The SMILES string of the molecule is CC(CCNC(=O)NCCOC1CCCCC1)C(=O)O. The zero-order valence-electron chi connectivity index (χ0n) is 12.2. The lowest BCUT2D eigenvalue weighted by atomic mass is 9.98. The van der Waals surface area contributed by atoms with E-state index in [1.54, 1.807) is 6.92 Å². The molecule has 6 heteroatoms. The van der Waals surface area contributed by atoms with E-state index in [1.165, 1.54) is 19.3 Å². The van der Waals surface area contributed by atoms with Crippen molar-refractivity contribution in [3.8, 4) is 0 Å². The molecule has 116 valence electrons. The van der Waals surface area contributed by atoms with Crippen molar-refractivity contribution < 1.29 is 19.4 Å². The number of carbonyl (C=O) groups is 2. The second-order valence-corrected chi connectivity index (χ2v) is 5.34. The molecule has 2 amide bonds. The molecule has 0 aromatic rings. The number of nitrogens with one attached hydrogen (secondary N) is 2. The van der Waals surface area contributed by atoms with Crippen LogP contribution in [-0.4, -0.2) is 42.9 Å². The van der Waals surface area contributed by atoms with Crippen molar-refractivity contribution in [1.82, 2.24) is 10.6 Å². The van der Waals surface area contributed by atoms with Crippen LogP contribution < -0.4 is 10.6 Å². The third-order valence-corrected chi connectivity index (χ3v) is 3.58. The zero-order chi connectivity index (χ0) is 14.8. The van der Waals surface area contributed by atoms with Crippen LogP contribution in [0.25, 0.3) is 0 Å². The summed E-state index contributed by atoms with van der Waals surface area (Å²) in [6.07, 6.45) is 6.81. The van der Waals surface area contributed by atoms with Crippen LogP contribution >= 0.6 is 0 Å². The number of aliphatic carboxylic acids is 1. The van der Waals surface area contributed by atoms with Crippen LogP contribution in [0.15, 0.2) is 0 Å². The number of hydrogen-bond donors (Lipinski definition) is 3. The average Bonchev–Trinajstić information content (AvgIpc) is 2.44. The molecule has 0 heterocycles. The van der Waals surface area contributed by atoms with Crippen molar-refractivity contribution >= 4 is 12.0 Å². The number of rotatable bonds is 8. The van der Waals surface area contributed by atoms with Gasteiger partial charge in [0, 0.05) is 13.1 Å². The van der Waals surface area contributed by atoms with Gasteiger partial charge >= 0.3 is 12.0 Å². The smallest absolute Gasteiger partial charge is 0.314 e. The van der Waals surface area contributed by atoms with Crippen LogP contribution in [0.1, 0.15) is 45.4 Å².